The van der Waals surface area contributed by atoms with Crippen molar-refractivity contribution in [2.45, 2.75) is 19.3 Å². The number of hydrogen-bond donors (Lipinski definition) is 0. The average molecular weight is 316 g/mol. The van der Waals surface area contributed by atoms with Gasteiger partial charge in [0.05, 0.1) is 32.2 Å². The quantitative estimate of drug-likeness (QED) is 0.843. The van der Waals surface area contributed by atoms with Crippen molar-refractivity contribution in [1.29, 1.82) is 0 Å². The number of imidazole rings is 1. The van der Waals surface area contributed by atoms with Gasteiger partial charge in [0.1, 0.15) is 5.82 Å². The molecule has 1 aliphatic rings. The van der Waals surface area contributed by atoms with Crippen LogP contribution in [-0.2, 0) is 10.2 Å². The molecular weight excluding hydrogens is 292 g/mol. The average Bonchev–Trinajstić information content (AvgIpc) is 3.06. The van der Waals surface area contributed by atoms with Crippen LogP contribution in [0.15, 0.2) is 30.7 Å². The number of pyridine rings is 1. The molecule has 0 aliphatic carbocycles. The fraction of sp³-hybridized carbons (Fsp3) is 0.529. The summed E-state index contributed by atoms with van der Waals surface area (Å²) in [5.41, 5.74) is 0.925. The minimum Gasteiger partial charge on any atom is -0.481 e. The van der Waals surface area contributed by atoms with Crippen LogP contribution >= 0.6 is 0 Å². The molecule has 0 atom stereocenters. The van der Waals surface area contributed by atoms with Crippen LogP contribution in [0.1, 0.15) is 19.7 Å². The predicted molar refractivity (Wildman–Crippen MR) is 88.2 cm³/mol. The van der Waals surface area contributed by atoms with E-state index in [1.807, 2.05) is 30.7 Å². The van der Waals surface area contributed by atoms with E-state index in [1.54, 1.807) is 7.11 Å². The topological polar surface area (TPSA) is 52.4 Å². The zero-order valence-electron chi connectivity index (χ0n) is 14.0. The van der Waals surface area contributed by atoms with E-state index in [-0.39, 0.29) is 5.41 Å². The molecule has 0 spiro atoms. The van der Waals surface area contributed by atoms with Gasteiger partial charge in [-0.05, 0) is 6.07 Å². The monoisotopic (exact) mass is 316 g/mol. The van der Waals surface area contributed by atoms with Crippen molar-refractivity contribution in [3.05, 3.63) is 36.5 Å². The lowest BCUT2D eigenvalue weighted by atomic mass is 9.91. The molecule has 0 aromatic carbocycles. The summed E-state index contributed by atoms with van der Waals surface area (Å²) in [4.78, 5) is 11.4. The summed E-state index contributed by atoms with van der Waals surface area (Å²) >= 11 is 0. The van der Waals surface area contributed by atoms with E-state index in [0.717, 1.165) is 44.4 Å². The second kappa shape index (κ2) is 6.68. The Morgan fingerprint density at radius 1 is 1.22 bits per heavy atom. The van der Waals surface area contributed by atoms with Crippen LogP contribution in [0.2, 0.25) is 0 Å². The van der Waals surface area contributed by atoms with Crippen molar-refractivity contribution in [2.24, 2.45) is 0 Å². The maximum absolute atomic E-state index is 5.44. The summed E-state index contributed by atoms with van der Waals surface area (Å²) in [5.74, 6) is 1.65. The van der Waals surface area contributed by atoms with Gasteiger partial charge in [-0.1, -0.05) is 13.8 Å². The lowest BCUT2D eigenvalue weighted by molar-refractivity contribution is 0.0288. The van der Waals surface area contributed by atoms with Gasteiger partial charge in [0.15, 0.2) is 0 Å². The lowest BCUT2D eigenvalue weighted by Crippen LogP contribution is -2.44. The molecule has 0 amide bonds. The number of morpholine rings is 1. The van der Waals surface area contributed by atoms with Crippen LogP contribution in [0.4, 0.5) is 0 Å². The van der Waals surface area contributed by atoms with E-state index in [9.17, 15) is 0 Å². The highest BCUT2D eigenvalue weighted by molar-refractivity contribution is 5.34. The first-order valence-electron chi connectivity index (χ1n) is 7.94. The minimum atomic E-state index is -0.0687. The van der Waals surface area contributed by atoms with E-state index >= 15 is 0 Å². The van der Waals surface area contributed by atoms with Gasteiger partial charge in [0, 0.05) is 43.5 Å². The van der Waals surface area contributed by atoms with Gasteiger partial charge < -0.3 is 14.0 Å². The third-order valence-corrected chi connectivity index (χ3v) is 4.18. The van der Waals surface area contributed by atoms with Crippen LogP contribution in [-0.4, -0.2) is 59.4 Å². The van der Waals surface area contributed by atoms with E-state index < -0.39 is 0 Å². The Kier molecular flexibility index (Phi) is 4.63. The second-order valence-corrected chi connectivity index (χ2v) is 6.45. The van der Waals surface area contributed by atoms with E-state index in [0.29, 0.717) is 5.88 Å². The molecule has 6 heteroatoms. The first-order chi connectivity index (χ1) is 11.1. The smallest absolute Gasteiger partial charge is 0.213 e. The van der Waals surface area contributed by atoms with Gasteiger partial charge in [-0.2, -0.15) is 0 Å². The van der Waals surface area contributed by atoms with E-state index in [2.05, 4.69) is 33.3 Å². The summed E-state index contributed by atoms with van der Waals surface area (Å²) in [6, 6.07) is 3.87. The van der Waals surface area contributed by atoms with Crippen LogP contribution in [0.25, 0.3) is 5.69 Å². The molecule has 0 bridgehead atoms. The summed E-state index contributed by atoms with van der Waals surface area (Å²) in [6.45, 7) is 9.01. The standard InChI is InChI=1S/C17H24N4O2/c1-17(2,13-20-8-10-23-11-9-20)16-18-6-7-21(16)14-4-5-15(22-3)19-12-14/h4-7,12H,8-11,13H2,1-3H3. The number of nitrogens with zero attached hydrogens (tertiary/aromatic N) is 4. The van der Waals surface area contributed by atoms with Gasteiger partial charge in [0.2, 0.25) is 5.88 Å². The molecule has 1 fully saturated rings. The molecule has 6 nitrogen and oxygen atoms in total. The number of ether oxygens (including phenoxy) is 2. The highest BCUT2D eigenvalue weighted by Gasteiger charge is 2.29. The maximum atomic E-state index is 5.44. The number of methoxy groups -OCH3 is 1. The van der Waals surface area contributed by atoms with Gasteiger partial charge >= 0.3 is 0 Å². The van der Waals surface area contributed by atoms with Crippen LogP contribution in [0, 0.1) is 0 Å². The van der Waals surface area contributed by atoms with Crippen molar-refractivity contribution in [1.82, 2.24) is 19.4 Å². The Morgan fingerprint density at radius 2 is 2.00 bits per heavy atom. The largest absolute Gasteiger partial charge is 0.481 e. The molecule has 124 valence electrons. The zero-order valence-corrected chi connectivity index (χ0v) is 14.0. The zero-order chi connectivity index (χ0) is 16.3. The Morgan fingerprint density at radius 3 is 2.65 bits per heavy atom. The van der Waals surface area contributed by atoms with E-state index in [1.165, 1.54) is 0 Å². The molecule has 3 rings (SSSR count). The predicted octanol–water partition coefficient (Wildman–Crippen LogP) is 1.89. The summed E-state index contributed by atoms with van der Waals surface area (Å²) in [5, 5.41) is 0. The van der Waals surface area contributed by atoms with Crippen molar-refractivity contribution < 1.29 is 9.47 Å². The minimum absolute atomic E-state index is 0.0687. The molecule has 2 aromatic rings. The lowest BCUT2D eigenvalue weighted by Gasteiger charge is -2.34. The summed E-state index contributed by atoms with van der Waals surface area (Å²) in [7, 11) is 1.62. The summed E-state index contributed by atoms with van der Waals surface area (Å²) < 4.78 is 12.7. The van der Waals surface area contributed by atoms with Crippen molar-refractivity contribution in [3.63, 3.8) is 0 Å². The molecule has 1 aliphatic heterocycles. The Labute approximate surface area is 137 Å². The molecule has 23 heavy (non-hydrogen) atoms. The van der Waals surface area contributed by atoms with Gasteiger partial charge in [0.25, 0.3) is 0 Å². The highest BCUT2D eigenvalue weighted by Crippen LogP contribution is 2.26. The van der Waals surface area contributed by atoms with Gasteiger partial charge in [-0.15, -0.1) is 0 Å². The molecule has 0 N–H and O–H groups in total. The fourth-order valence-electron chi connectivity index (χ4n) is 3.04. The molecule has 2 aromatic heterocycles. The Balaban J connectivity index is 1.83. The summed E-state index contributed by atoms with van der Waals surface area (Å²) in [6.07, 6.45) is 5.65. The van der Waals surface area contributed by atoms with Gasteiger partial charge in [-0.3, -0.25) is 4.90 Å². The first kappa shape index (κ1) is 16.0. The third kappa shape index (κ3) is 3.54. The highest BCUT2D eigenvalue weighted by atomic mass is 16.5. The first-order valence-corrected chi connectivity index (χ1v) is 7.94. The van der Waals surface area contributed by atoms with Crippen LogP contribution in [0.3, 0.4) is 0 Å². The molecular formula is C17H24N4O2. The maximum Gasteiger partial charge on any atom is 0.213 e. The molecule has 0 radical (unpaired) electrons. The Bertz CT molecular complexity index is 630. The van der Waals surface area contributed by atoms with Crippen molar-refractivity contribution in [3.8, 4) is 11.6 Å². The number of aromatic nitrogens is 3. The van der Waals surface area contributed by atoms with E-state index in [4.69, 9.17) is 9.47 Å². The normalized spacial score (nSPS) is 16.5. The van der Waals surface area contributed by atoms with Crippen molar-refractivity contribution in [2.75, 3.05) is 40.0 Å². The molecule has 0 saturated carbocycles. The molecule has 1 saturated heterocycles. The van der Waals surface area contributed by atoms with Crippen molar-refractivity contribution >= 4 is 0 Å². The van der Waals surface area contributed by atoms with Gasteiger partial charge in [-0.25, -0.2) is 9.97 Å². The van der Waals surface area contributed by atoms with Crippen LogP contribution in [0.5, 0.6) is 5.88 Å². The molecule has 3 heterocycles. The fourth-order valence-corrected chi connectivity index (χ4v) is 3.04. The second-order valence-electron chi connectivity index (χ2n) is 6.45. The molecule has 0 unspecified atom stereocenters. The number of hydrogen-bond acceptors (Lipinski definition) is 5. The number of rotatable bonds is 5. The SMILES string of the molecule is COc1ccc(-n2ccnc2C(C)(C)CN2CCOCC2)cn1. The third-order valence-electron chi connectivity index (χ3n) is 4.18. The Hall–Kier alpha value is -1.92. The van der Waals surface area contributed by atoms with Crippen LogP contribution < -0.4 is 4.74 Å².